The number of hydrogen-bond acceptors (Lipinski definition) is 5. The Morgan fingerprint density at radius 1 is 1.15 bits per heavy atom. The van der Waals surface area contributed by atoms with Crippen LogP contribution in [-0.2, 0) is 6.54 Å². The van der Waals surface area contributed by atoms with Crippen LogP contribution in [0.5, 0.6) is 0 Å². The molecule has 2 aromatic carbocycles. The van der Waals surface area contributed by atoms with E-state index in [0.717, 1.165) is 48.0 Å². The lowest BCUT2D eigenvalue weighted by atomic mass is 9.95. The molecule has 1 atom stereocenters. The predicted octanol–water partition coefficient (Wildman–Crippen LogP) is 3.83. The first-order chi connectivity index (χ1) is 16.0. The number of aromatic amines is 1. The van der Waals surface area contributed by atoms with Crippen LogP contribution >= 0.6 is 0 Å². The maximum absolute atomic E-state index is 13.4. The average molecular weight is 447 g/mol. The summed E-state index contributed by atoms with van der Waals surface area (Å²) in [4.78, 5) is 18.7. The largest absolute Gasteiger partial charge is 0.321 e. The van der Waals surface area contributed by atoms with Crippen LogP contribution in [-0.4, -0.2) is 43.2 Å². The number of aryl methyl sites for hydroxylation is 1. The zero-order chi connectivity index (χ0) is 22.9. The third-order valence-electron chi connectivity index (χ3n) is 6.64. The normalized spacial score (nSPS) is 16.3. The lowest BCUT2D eigenvalue weighted by molar-refractivity contribution is 0.149. The Bertz CT molecular complexity index is 1320. The minimum Gasteiger partial charge on any atom is -0.321 e. The van der Waals surface area contributed by atoms with Gasteiger partial charge in [-0.15, -0.1) is 5.10 Å². The topological polar surface area (TPSA) is 79.7 Å². The molecular formula is C25H27FN6O. The second kappa shape index (κ2) is 8.86. The van der Waals surface area contributed by atoms with E-state index in [1.807, 2.05) is 31.2 Å². The Hall–Kier alpha value is -3.39. The first-order valence-corrected chi connectivity index (χ1v) is 11.4. The molecule has 1 aliphatic heterocycles. The van der Waals surface area contributed by atoms with Crippen LogP contribution in [0.25, 0.3) is 10.9 Å². The van der Waals surface area contributed by atoms with Crippen LogP contribution in [0.3, 0.4) is 0 Å². The van der Waals surface area contributed by atoms with Crippen molar-refractivity contribution in [3.63, 3.8) is 0 Å². The summed E-state index contributed by atoms with van der Waals surface area (Å²) in [6.07, 6.45) is 2.11. The third-order valence-corrected chi connectivity index (χ3v) is 6.64. The molecule has 3 heterocycles. The molecule has 2 aromatic heterocycles. The van der Waals surface area contributed by atoms with Crippen LogP contribution in [0.1, 0.15) is 48.3 Å². The van der Waals surface area contributed by atoms with Gasteiger partial charge in [-0.3, -0.25) is 9.69 Å². The molecule has 4 aromatic rings. The van der Waals surface area contributed by atoms with Crippen molar-refractivity contribution in [2.45, 2.75) is 39.3 Å². The number of tetrazole rings is 1. The molecule has 33 heavy (non-hydrogen) atoms. The molecule has 170 valence electrons. The van der Waals surface area contributed by atoms with Gasteiger partial charge in [-0.05, 0) is 83.9 Å². The highest BCUT2D eigenvalue weighted by atomic mass is 19.1. The lowest BCUT2D eigenvalue weighted by Gasteiger charge is -2.35. The smallest absolute Gasteiger partial charge is 0.253 e. The van der Waals surface area contributed by atoms with Crippen molar-refractivity contribution in [2.24, 2.45) is 5.92 Å². The zero-order valence-corrected chi connectivity index (χ0v) is 18.8. The molecule has 0 unspecified atom stereocenters. The minimum atomic E-state index is -0.374. The Morgan fingerprint density at radius 2 is 1.91 bits per heavy atom. The Morgan fingerprint density at radius 3 is 2.67 bits per heavy atom. The number of likely N-dealkylation sites (tertiary alicyclic amines) is 1. The van der Waals surface area contributed by atoms with E-state index in [1.54, 1.807) is 16.8 Å². The van der Waals surface area contributed by atoms with Gasteiger partial charge in [-0.1, -0.05) is 37.3 Å². The fourth-order valence-electron chi connectivity index (χ4n) is 4.67. The minimum absolute atomic E-state index is 0.128. The number of nitrogens with zero attached hydrogens (tertiary/aromatic N) is 5. The number of hydrogen-bond donors (Lipinski definition) is 1. The highest BCUT2D eigenvalue weighted by Crippen LogP contribution is 2.31. The number of nitrogens with one attached hydrogen (secondary N) is 1. The number of H-pyrrole nitrogens is 1. The van der Waals surface area contributed by atoms with E-state index in [4.69, 9.17) is 0 Å². The van der Waals surface area contributed by atoms with E-state index in [1.165, 1.54) is 12.1 Å². The van der Waals surface area contributed by atoms with Crippen molar-refractivity contribution in [3.8, 4) is 0 Å². The fraction of sp³-hybridized carbons (Fsp3) is 0.360. The van der Waals surface area contributed by atoms with Crippen LogP contribution in [0.4, 0.5) is 4.39 Å². The number of halogens is 1. The summed E-state index contributed by atoms with van der Waals surface area (Å²) in [7, 11) is 0. The first kappa shape index (κ1) is 21.5. The van der Waals surface area contributed by atoms with E-state index in [9.17, 15) is 9.18 Å². The Kier molecular flexibility index (Phi) is 5.76. The molecule has 0 amide bonds. The van der Waals surface area contributed by atoms with Gasteiger partial charge in [-0.2, -0.15) is 0 Å². The zero-order valence-electron chi connectivity index (χ0n) is 18.8. The lowest BCUT2D eigenvalue weighted by Crippen LogP contribution is -2.40. The molecule has 0 bridgehead atoms. The third kappa shape index (κ3) is 4.30. The van der Waals surface area contributed by atoms with Crippen molar-refractivity contribution in [1.82, 2.24) is 30.1 Å². The number of piperidine rings is 1. The van der Waals surface area contributed by atoms with Gasteiger partial charge >= 0.3 is 0 Å². The summed E-state index contributed by atoms with van der Waals surface area (Å²) in [6, 6.07) is 13.9. The van der Waals surface area contributed by atoms with Crippen LogP contribution in [0.15, 0.2) is 53.3 Å². The van der Waals surface area contributed by atoms with Gasteiger partial charge in [-0.25, -0.2) is 9.07 Å². The molecule has 7 nitrogen and oxygen atoms in total. The maximum atomic E-state index is 13.4. The molecule has 1 saturated heterocycles. The van der Waals surface area contributed by atoms with Crippen molar-refractivity contribution in [1.29, 1.82) is 0 Å². The standard InChI is InChI=1S/C25H27FN6O/c1-16-10-12-31(13-11-16)23(21-14-19-5-3-4-17(2)22(19)27-25(21)33)24-28-29-30-32(24)15-18-6-8-20(26)9-7-18/h3-9,14,16,23H,10-13,15H2,1-2H3,(H,27,33)/t23-/m1/s1. The number of fused-ring (bicyclic) bond motifs is 1. The quantitative estimate of drug-likeness (QED) is 0.504. The van der Waals surface area contributed by atoms with E-state index in [2.05, 4.69) is 32.3 Å². The van der Waals surface area contributed by atoms with Gasteiger partial charge in [0.1, 0.15) is 11.9 Å². The first-order valence-electron chi connectivity index (χ1n) is 11.4. The van der Waals surface area contributed by atoms with Gasteiger partial charge < -0.3 is 4.98 Å². The van der Waals surface area contributed by atoms with Crippen molar-refractivity contribution >= 4 is 10.9 Å². The summed E-state index contributed by atoms with van der Waals surface area (Å²) in [5, 5.41) is 13.5. The molecule has 8 heteroatoms. The number of pyridine rings is 1. The second-order valence-corrected chi connectivity index (χ2v) is 9.04. The molecule has 5 rings (SSSR count). The second-order valence-electron chi connectivity index (χ2n) is 9.04. The van der Waals surface area contributed by atoms with E-state index >= 15 is 0 Å². The number of aromatic nitrogens is 5. The van der Waals surface area contributed by atoms with Gasteiger partial charge in [0.2, 0.25) is 0 Å². The molecule has 0 radical (unpaired) electrons. The van der Waals surface area contributed by atoms with Crippen molar-refractivity contribution < 1.29 is 4.39 Å². The SMILES string of the molecule is Cc1cccc2cc([C@H](c3nnnn3Cc3ccc(F)cc3)N3CCC(C)CC3)c(=O)[nH]c12. The summed E-state index contributed by atoms with van der Waals surface area (Å²) in [6.45, 7) is 6.37. The molecule has 0 spiro atoms. The predicted molar refractivity (Wildman–Crippen MR) is 124 cm³/mol. The Labute approximate surface area is 191 Å². The van der Waals surface area contributed by atoms with Gasteiger partial charge in [0.15, 0.2) is 5.82 Å². The summed E-state index contributed by atoms with van der Waals surface area (Å²) >= 11 is 0. The molecule has 1 fully saturated rings. The summed E-state index contributed by atoms with van der Waals surface area (Å²) < 4.78 is 15.1. The molecule has 0 saturated carbocycles. The van der Waals surface area contributed by atoms with Crippen LogP contribution in [0, 0.1) is 18.7 Å². The summed E-state index contributed by atoms with van der Waals surface area (Å²) in [5.41, 5.74) is 3.28. The molecule has 1 N–H and O–H groups in total. The van der Waals surface area contributed by atoms with Gasteiger partial charge in [0.05, 0.1) is 12.1 Å². The molecule has 0 aliphatic carbocycles. The monoisotopic (exact) mass is 446 g/mol. The number of para-hydroxylation sites is 1. The van der Waals surface area contributed by atoms with Crippen molar-refractivity contribution in [3.05, 3.63) is 87.2 Å². The number of rotatable bonds is 5. The highest BCUT2D eigenvalue weighted by molar-refractivity contribution is 5.82. The van der Waals surface area contributed by atoms with Gasteiger partial charge in [0.25, 0.3) is 5.56 Å². The van der Waals surface area contributed by atoms with E-state index < -0.39 is 0 Å². The number of benzene rings is 2. The van der Waals surface area contributed by atoms with Gasteiger partial charge in [0, 0.05) is 5.56 Å². The maximum Gasteiger partial charge on any atom is 0.253 e. The average Bonchev–Trinajstić information content (AvgIpc) is 3.25. The van der Waals surface area contributed by atoms with E-state index in [-0.39, 0.29) is 17.4 Å². The van der Waals surface area contributed by atoms with Crippen LogP contribution < -0.4 is 5.56 Å². The van der Waals surface area contributed by atoms with Crippen molar-refractivity contribution in [2.75, 3.05) is 13.1 Å². The highest BCUT2D eigenvalue weighted by Gasteiger charge is 2.32. The Balaban J connectivity index is 1.60. The molecule has 1 aliphatic rings. The van der Waals surface area contributed by atoms with Crippen LogP contribution in [0.2, 0.25) is 0 Å². The fourth-order valence-corrected chi connectivity index (χ4v) is 4.67. The molecular weight excluding hydrogens is 419 g/mol. The van der Waals surface area contributed by atoms with E-state index in [0.29, 0.717) is 23.9 Å². The summed E-state index contributed by atoms with van der Waals surface area (Å²) in [5.74, 6) is 0.982.